The van der Waals surface area contributed by atoms with E-state index in [9.17, 15) is 9.59 Å². The zero-order chi connectivity index (χ0) is 26.4. The number of hydrogen-bond acceptors (Lipinski definition) is 6. The Hall–Kier alpha value is -4.85. The lowest BCUT2D eigenvalue weighted by Gasteiger charge is -2.19. The van der Waals surface area contributed by atoms with Gasteiger partial charge in [-0.3, -0.25) is 10.1 Å². The Morgan fingerprint density at radius 1 is 0.784 bits per heavy atom. The second-order valence-corrected chi connectivity index (χ2v) is 9.11. The second-order valence-electron chi connectivity index (χ2n) is 9.11. The fourth-order valence-electron chi connectivity index (χ4n) is 3.36. The molecule has 0 radical (unpaired) electrons. The molecule has 4 rings (SSSR count). The van der Waals surface area contributed by atoms with Gasteiger partial charge in [0.15, 0.2) is 0 Å². The number of nitrogens with two attached hydrogens (primary N) is 1. The van der Waals surface area contributed by atoms with Crippen molar-refractivity contribution in [1.82, 2.24) is 4.98 Å². The molecule has 1 aromatic heterocycles. The highest BCUT2D eigenvalue weighted by Crippen LogP contribution is 2.30. The molecule has 8 nitrogen and oxygen atoms in total. The summed E-state index contributed by atoms with van der Waals surface area (Å²) in [5.41, 5.74) is 6.82. The number of nitrogens with zero attached hydrogens (tertiary/aromatic N) is 1. The Bertz CT molecular complexity index is 1400. The quantitative estimate of drug-likeness (QED) is 0.291. The van der Waals surface area contributed by atoms with Gasteiger partial charge in [0.25, 0.3) is 5.91 Å². The van der Waals surface area contributed by atoms with Crippen molar-refractivity contribution in [3.63, 3.8) is 0 Å². The van der Waals surface area contributed by atoms with Gasteiger partial charge in [-0.15, -0.1) is 0 Å². The first kappa shape index (κ1) is 25.2. The van der Waals surface area contributed by atoms with Crippen molar-refractivity contribution in [2.75, 3.05) is 5.32 Å². The topological polar surface area (TPSA) is 113 Å². The number of carbonyl (C=O) groups is 2. The number of hydrogen-bond donors (Lipinski definition) is 2. The van der Waals surface area contributed by atoms with Gasteiger partial charge >= 0.3 is 6.09 Å². The van der Waals surface area contributed by atoms with Crippen molar-refractivity contribution in [2.24, 2.45) is 5.73 Å². The number of para-hydroxylation sites is 1. The maximum absolute atomic E-state index is 12.1. The fourth-order valence-corrected chi connectivity index (χ4v) is 3.36. The van der Waals surface area contributed by atoms with Crippen LogP contribution < -0.4 is 20.5 Å². The summed E-state index contributed by atoms with van der Waals surface area (Å²) in [4.78, 5) is 28.7. The van der Waals surface area contributed by atoms with Gasteiger partial charge in [-0.05, 0) is 81.4 Å². The third-order valence-corrected chi connectivity index (χ3v) is 4.95. The lowest BCUT2D eigenvalue weighted by molar-refractivity contribution is 0.0635. The maximum Gasteiger partial charge on any atom is 0.412 e. The van der Waals surface area contributed by atoms with Crippen LogP contribution in [0.5, 0.6) is 23.1 Å². The normalized spacial score (nSPS) is 10.9. The van der Waals surface area contributed by atoms with E-state index in [1.165, 1.54) is 0 Å². The molecule has 4 aromatic rings. The number of benzene rings is 3. The summed E-state index contributed by atoms with van der Waals surface area (Å²) < 4.78 is 17.0. The van der Waals surface area contributed by atoms with Crippen molar-refractivity contribution in [1.29, 1.82) is 0 Å². The van der Waals surface area contributed by atoms with E-state index in [1.54, 1.807) is 75.4 Å². The van der Waals surface area contributed by atoms with Gasteiger partial charge in [-0.2, -0.15) is 0 Å². The number of amides is 2. The second kappa shape index (κ2) is 10.8. The molecule has 0 aliphatic heterocycles. The van der Waals surface area contributed by atoms with Crippen LogP contribution in [0.3, 0.4) is 0 Å². The Morgan fingerprint density at radius 3 is 2.08 bits per heavy atom. The summed E-state index contributed by atoms with van der Waals surface area (Å²) in [5.74, 6) is 1.19. The van der Waals surface area contributed by atoms with Crippen LogP contribution in [0.2, 0.25) is 0 Å². The summed E-state index contributed by atoms with van der Waals surface area (Å²) in [5, 5.41) is 2.71. The van der Waals surface area contributed by atoms with E-state index in [2.05, 4.69) is 10.3 Å². The highest BCUT2D eigenvalue weighted by Gasteiger charge is 2.17. The molecule has 8 heteroatoms. The molecule has 0 atom stereocenters. The third kappa shape index (κ3) is 7.08. The van der Waals surface area contributed by atoms with Crippen molar-refractivity contribution >= 4 is 17.7 Å². The molecule has 0 fully saturated rings. The van der Waals surface area contributed by atoms with Gasteiger partial charge in [0.05, 0.1) is 5.69 Å². The maximum atomic E-state index is 12.1. The van der Waals surface area contributed by atoms with Crippen LogP contribution in [0.1, 0.15) is 31.1 Å². The minimum Gasteiger partial charge on any atom is -0.457 e. The Kier molecular flexibility index (Phi) is 7.39. The summed E-state index contributed by atoms with van der Waals surface area (Å²) in [6.45, 7) is 5.37. The van der Waals surface area contributed by atoms with Gasteiger partial charge in [0.1, 0.15) is 28.4 Å². The number of nitrogens with one attached hydrogen (secondary N) is 1. The van der Waals surface area contributed by atoms with E-state index < -0.39 is 17.6 Å². The zero-order valence-corrected chi connectivity index (χ0v) is 20.7. The van der Waals surface area contributed by atoms with E-state index in [4.69, 9.17) is 19.9 Å². The summed E-state index contributed by atoms with van der Waals surface area (Å²) in [6.07, 6.45) is -0.564. The van der Waals surface area contributed by atoms with Crippen LogP contribution in [-0.2, 0) is 4.74 Å². The lowest BCUT2D eigenvalue weighted by Crippen LogP contribution is -2.27. The summed E-state index contributed by atoms with van der Waals surface area (Å²) in [6, 6.07) is 26.6. The predicted molar refractivity (Wildman–Crippen MR) is 141 cm³/mol. The molecule has 0 unspecified atom stereocenters. The molecule has 0 spiro atoms. The smallest absolute Gasteiger partial charge is 0.412 e. The van der Waals surface area contributed by atoms with Crippen molar-refractivity contribution in [3.05, 3.63) is 96.6 Å². The van der Waals surface area contributed by atoms with Gasteiger partial charge in [-0.1, -0.05) is 30.3 Å². The van der Waals surface area contributed by atoms with E-state index in [0.717, 1.165) is 0 Å². The number of carbonyl (C=O) groups excluding carboxylic acids is 2. The molecule has 0 aliphatic rings. The largest absolute Gasteiger partial charge is 0.457 e. The first-order valence-corrected chi connectivity index (χ1v) is 11.6. The molecule has 37 heavy (non-hydrogen) atoms. The monoisotopic (exact) mass is 497 g/mol. The van der Waals surface area contributed by atoms with E-state index in [1.807, 2.05) is 36.4 Å². The first-order chi connectivity index (χ1) is 17.7. The van der Waals surface area contributed by atoms with Crippen LogP contribution in [0.15, 0.2) is 91.0 Å². The number of pyridine rings is 1. The number of anilines is 1. The number of primary amides is 1. The molecule has 0 aliphatic carbocycles. The van der Waals surface area contributed by atoms with Crippen molar-refractivity contribution < 1.29 is 23.8 Å². The highest BCUT2D eigenvalue weighted by molar-refractivity contribution is 5.95. The third-order valence-electron chi connectivity index (χ3n) is 4.95. The van der Waals surface area contributed by atoms with Crippen LogP contribution >= 0.6 is 0 Å². The van der Waals surface area contributed by atoms with Crippen molar-refractivity contribution in [2.45, 2.75) is 26.4 Å². The Morgan fingerprint density at radius 2 is 1.43 bits per heavy atom. The standard InChI is InChI=1S/C29H27N3O5/c1-29(2,3)37-28(34)31-20-9-7-8-19(18-20)25-17-16-24(26(30)33)27(32-25)36-23-14-12-22(13-15-23)35-21-10-5-4-6-11-21/h4-18H,1-3H3,(H2,30,33)(H,31,34). The van der Waals surface area contributed by atoms with Gasteiger partial charge in [-0.25, -0.2) is 9.78 Å². The summed E-state index contributed by atoms with van der Waals surface area (Å²) >= 11 is 0. The van der Waals surface area contributed by atoms with E-state index in [-0.39, 0.29) is 11.4 Å². The highest BCUT2D eigenvalue weighted by atomic mass is 16.6. The average molecular weight is 498 g/mol. The molecule has 3 aromatic carbocycles. The minimum atomic E-state index is -0.668. The molecule has 188 valence electrons. The number of ether oxygens (including phenoxy) is 3. The van der Waals surface area contributed by atoms with Crippen LogP contribution in [0.4, 0.5) is 10.5 Å². The molecule has 2 amide bonds. The van der Waals surface area contributed by atoms with E-state index >= 15 is 0 Å². The lowest BCUT2D eigenvalue weighted by atomic mass is 10.1. The van der Waals surface area contributed by atoms with E-state index in [0.29, 0.717) is 34.2 Å². The molecule has 0 saturated carbocycles. The summed E-state index contributed by atoms with van der Waals surface area (Å²) in [7, 11) is 0. The predicted octanol–water partition coefficient (Wildman–Crippen LogP) is 6.78. The SMILES string of the molecule is CC(C)(C)OC(=O)Nc1cccc(-c2ccc(C(N)=O)c(Oc3ccc(Oc4ccccc4)cc3)n2)c1. The molecular formula is C29H27N3O5. The molecule has 0 saturated heterocycles. The number of rotatable bonds is 7. The van der Waals surface area contributed by atoms with Gasteiger partial charge in [0.2, 0.25) is 5.88 Å². The van der Waals surface area contributed by atoms with Gasteiger partial charge < -0.3 is 19.9 Å². The Labute approximate surface area is 215 Å². The molecule has 0 bridgehead atoms. The van der Waals surface area contributed by atoms with Crippen molar-refractivity contribution in [3.8, 4) is 34.4 Å². The first-order valence-electron chi connectivity index (χ1n) is 11.6. The average Bonchev–Trinajstić information content (AvgIpc) is 2.85. The molecule has 3 N–H and O–H groups in total. The van der Waals surface area contributed by atoms with Crippen LogP contribution in [0.25, 0.3) is 11.3 Å². The number of aromatic nitrogens is 1. The molecule has 1 heterocycles. The minimum absolute atomic E-state index is 0.0623. The van der Waals surface area contributed by atoms with Crippen LogP contribution in [-0.4, -0.2) is 22.6 Å². The molecular weight excluding hydrogens is 470 g/mol. The zero-order valence-electron chi connectivity index (χ0n) is 20.7. The van der Waals surface area contributed by atoms with Gasteiger partial charge in [0, 0.05) is 11.3 Å². The Balaban J connectivity index is 1.55. The van der Waals surface area contributed by atoms with Crippen LogP contribution in [0, 0.1) is 0 Å². The fraction of sp³-hybridized carbons (Fsp3) is 0.138.